The molecule has 1 aliphatic carbocycles. The van der Waals surface area contributed by atoms with Crippen LogP contribution in [-0.4, -0.2) is 5.92 Å². The molecule has 0 radical (unpaired) electrons. The molecule has 18 heavy (non-hydrogen) atoms. The highest BCUT2D eigenvalue weighted by Crippen LogP contribution is 2.40. The van der Waals surface area contributed by atoms with E-state index in [0.717, 1.165) is 12.0 Å². The lowest BCUT2D eigenvalue weighted by Gasteiger charge is -2.30. The van der Waals surface area contributed by atoms with Crippen molar-refractivity contribution in [1.82, 2.24) is 0 Å². The van der Waals surface area contributed by atoms with E-state index in [1.54, 1.807) is 6.07 Å². The molecule has 0 bridgehead atoms. The Labute approximate surface area is 111 Å². The Morgan fingerprint density at radius 3 is 2.78 bits per heavy atom. The van der Waals surface area contributed by atoms with E-state index in [1.165, 1.54) is 0 Å². The third-order valence-corrected chi connectivity index (χ3v) is 3.98. The highest BCUT2D eigenvalue weighted by atomic mass is 35.5. The molecular weight excluding hydrogens is 256 g/mol. The highest BCUT2D eigenvalue weighted by molar-refractivity contribution is 6.31. The van der Waals surface area contributed by atoms with Gasteiger partial charge in [-0.1, -0.05) is 29.8 Å². The van der Waals surface area contributed by atoms with E-state index in [1.807, 2.05) is 18.2 Å². The molecule has 4 heteroatoms. The molecule has 2 N–H and O–H groups in total. The SMILES string of the molecule is NC(CC1CCCC(F)(F)C1)c1ccccc1Cl. The second kappa shape index (κ2) is 5.54. The minimum absolute atomic E-state index is 0.0000211. The predicted octanol–water partition coefficient (Wildman–Crippen LogP) is 4.56. The Bertz CT molecular complexity index is 409. The Morgan fingerprint density at radius 1 is 1.39 bits per heavy atom. The second-order valence-electron chi connectivity index (χ2n) is 5.18. The quantitative estimate of drug-likeness (QED) is 0.859. The molecule has 1 fully saturated rings. The van der Waals surface area contributed by atoms with Crippen molar-refractivity contribution in [2.24, 2.45) is 11.7 Å². The van der Waals surface area contributed by atoms with Crippen LogP contribution in [-0.2, 0) is 0 Å². The third kappa shape index (κ3) is 3.42. The summed E-state index contributed by atoms with van der Waals surface area (Å²) in [5.41, 5.74) is 6.94. The maximum atomic E-state index is 13.3. The normalized spacial score (nSPS) is 24.8. The van der Waals surface area contributed by atoms with E-state index in [0.29, 0.717) is 17.9 Å². The molecule has 2 atom stereocenters. The zero-order valence-corrected chi connectivity index (χ0v) is 11.0. The lowest BCUT2D eigenvalue weighted by atomic mass is 9.81. The van der Waals surface area contributed by atoms with Crippen LogP contribution in [0.4, 0.5) is 8.78 Å². The number of hydrogen-bond donors (Lipinski definition) is 1. The maximum Gasteiger partial charge on any atom is 0.248 e. The van der Waals surface area contributed by atoms with Crippen molar-refractivity contribution in [3.8, 4) is 0 Å². The van der Waals surface area contributed by atoms with E-state index < -0.39 is 5.92 Å². The summed E-state index contributed by atoms with van der Waals surface area (Å²) in [6.07, 6.45) is 2.00. The van der Waals surface area contributed by atoms with E-state index in [-0.39, 0.29) is 24.8 Å². The van der Waals surface area contributed by atoms with E-state index in [2.05, 4.69) is 0 Å². The van der Waals surface area contributed by atoms with Gasteiger partial charge >= 0.3 is 0 Å². The summed E-state index contributed by atoms with van der Waals surface area (Å²) in [6.45, 7) is 0. The molecule has 0 aromatic heterocycles. The summed E-state index contributed by atoms with van der Waals surface area (Å²) in [4.78, 5) is 0. The van der Waals surface area contributed by atoms with Crippen LogP contribution in [0.2, 0.25) is 5.02 Å². The molecule has 1 saturated carbocycles. The molecule has 1 aromatic carbocycles. The van der Waals surface area contributed by atoms with Gasteiger partial charge in [0, 0.05) is 23.9 Å². The van der Waals surface area contributed by atoms with Gasteiger partial charge in [0.2, 0.25) is 5.92 Å². The smallest absolute Gasteiger partial charge is 0.248 e. The van der Waals surface area contributed by atoms with Gasteiger partial charge in [0.15, 0.2) is 0 Å². The maximum absolute atomic E-state index is 13.3. The van der Waals surface area contributed by atoms with Gasteiger partial charge in [0.1, 0.15) is 0 Å². The van der Waals surface area contributed by atoms with Crippen LogP contribution in [0.25, 0.3) is 0 Å². The van der Waals surface area contributed by atoms with Crippen LogP contribution in [0.15, 0.2) is 24.3 Å². The summed E-state index contributed by atoms with van der Waals surface area (Å²) in [5.74, 6) is -2.51. The van der Waals surface area contributed by atoms with Crippen LogP contribution in [0.1, 0.15) is 43.7 Å². The van der Waals surface area contributed by atoms with Crippen LogP contribution in [0, 0.1) is 5.92 Å². The molecule has 0 spiro atoms. The van der Waals surface area contributed by atoms with E-state index in [9.17, 15) is 8.78 Å². The van der Waals surface area contributed by atoms with Crippen molar-refractivity contribution in [3.63, 3.8) is 0 Å². The Balaban J connectivity index is 1.99. The number of nitrogens with two attached hydrogens (primary N) is 1. The second-order valence-corrected chi connectivity index (χ2v) is 5.59. The lowest BCUT2D eigenvalue weighted by Crippen LogP contribution is -2.28. The number of alkyl halides is 2. The van der Waals surface area contributed by atoms with Gasteiger partial charge < -0.3 is 5.73 Å². The fourth-order valence-corrected chi connectivity index (χ4v) is 3.01. The first-order chi connectivity index (χ1) is 8.48. The zero-order chi connectivity index (χ0) is 13.2. The molecule has 0 aliphatic heterocycles. The Hall–Kier alpha value is -0.670. The number of halogens is 3. The van der Waals surface area contributed by atoms with E-state index >= 15 is 0 Å². The molecule has 2 rings (SSSR count). The summed E-state index contributed by atoms with van der Waals surface area (Å²) in [6, 6.07) is 7.11. The molecule has 0 saturated heterocycles. The van der Waals surface area contributed by atoms with Crippen molar-refractivity contribution >= 4 is 11.6 Å². The highest BCUT2D eigenvalue weighted by Gasteiger charge is 2.36. The molecule has 0 amide bonds. The fourth-order valence-electron chi connectivity index (χ4n) is 2.74. The van der Waals surface area contributed by atoms with Gasteiger partial charge in [-0.3, -0.25) is 0 Å². The first-order valence-electron chi connectivity index (χ1n) is 6.36. The van der Waals surface area contributed by atoms with Crippen LogP contribution in [0.5, 0.6) is 0 Å². The minimum atomic E-state index is -2.51. The Kier molecular flexibility index (Phi) is 4.23. The van der Waals surface area contributed by atoms with Crippen molar-refractivity contribution in [2.75, 3.05) is 0 Å². The minimum Gasteiger partial charge on any atom is -0.324 e. The number of hydrogen-bond acceptors (Lipinski definition) is 1. The van der Waals surface area contributed by atoms with Crippen molar-refractivity contribution in [3.05, 3.63) is 34.9 Å². The summed E-state index contributed by atoms with van der Waals surface area (Å²) in [7, 11) is 0. The summed E-state index contributed by atoms with van der Waals surface area (Å²) >= 11 is 6.06. The first kappa shape index (κ1) is 13.8. The molecule has 2 unspecified atom stereocenters. The summed E-state index contributed by atoms with van der Waals surface area (Å²) in [5, 5.41) is 0.618. The average Bonchev–Trinajstić information content (AvgIpc) is 2.28. The van der Waals surface area contributed by atoms with Crippen molar-refractivity contribution < 1.29 is 8.78 Å². The standard InChI is InChI=1S/C14H18ClF2N/c15-12-6-2-1-5-11(12)13(18)8-10-4-3-7-14(16,17)9-10/h1-2,5-6,10,13H,3-4,7-9,18H2. The Morgan fingerprint density at radius 2 is 2.11 bits per heavy atom. The van der Waals surface area contributed by atoms with Crippen molar-refractivity contribution in [1.29, 1.82) is 0 Å². The van der Waals surface area contributed by atoms with Gasteiger partial charge in [-0.05, 0) is 36.8 Å². The van der Waals surface area contributed by atoms with E-state index in [4.69, 9.17) is 17.3 Å². The number of rotatable bonds is 3. The van der Waals surface area contributed by atoms with Gasteiger partial charge in [0.25, 0.3) is 0 Å². The summed E-state index contributed by atoms with van der Waals surface area (Å²) < 4.78 is 26.6. The molecule has 0 heterocycles. The topological polar surface area (TPSA) is 26.0 Å². The largest absolute Gasteiger partial charge is 0.324 e. The molecular formula is C14H18ClF2N. The van der Waals surface area contributed by atoms with Crippen LogP contribution < -0.4 is 5.73 Å². The van der Waals surface area contributed by atoms with Crippen molar-refractivity contribution in [2.45, 2.75) is 44.1 Å². The molecule has 1 aromatic rings. The van der Waals surface area contributed by atoms with Crippen LogP contribution >= 0.6 is 11.6 Å². The van der Waals surface area contributed by atoms with Gasteiger partial charge in [0.05, 0.1) is 0 Å². The predicted molar refractivity (Wildman–Crippen MR) is 69.9 cm³/mol. The zero-order valence-electron chi connectivity index (χ0n) is 10.2. The van der Waals surface area contributed by atoms with Gasteiger partial charge in [-0.25, -0.2) is 8.78 Å². The monoisotopic (exact) mass is 273 g/mol. The molecule has 100 valence electrons. The van der Waals surface area contributed by atoms with Gasteiger partial charge in [-0.2, -0.15) is 0 Å². The lowest BCUT2D eigenvalue weighted by molar-refractivity contribution is -0.0543. The van der Waals surface area contributed by atoms with Gasteiger partial charge in [-0.15, -0.1) is 0 Å². The third-order valence-electron chi connectivity index (χ3n) is 3.63. The number of benzene rings is 1. The molecule has 1 nitrogen and oxygen atoms in total. The molecule has 1 aliphatic rings. The first-order valence-corrected chi connectivity index (χ1v) is 6.73. The van der Waals surface area contributed by atoms with Crippen LogP contribution in [0.3, 0.4) is 0 Å². The average molecular weight is 274 g/mol. The fraction of sp³-hybridized carbons (Fsp3) is 0.571.